The Morgan fingerprint density at radius 3 is 2.11 bits per heavy atom. The Morgan fingerprint density at radius 1 is 0.892 bits per heavy atom. The van der Waals surface area contributed by atoms with Gasteiger partial charge in [-0.05, 0) is 81.3 Å². The number of para-hydroxylation sites is 1. The summed E-state index contributed by atoms with van der Waals surface area (Å²) in [5.74, 6) is -0.553. The van der Waals surface area contributed by atoms with Crippen LogP contribution < -0.4 is 9.73 Å². The quantitative estimate of drug-likeness (QED) is 0.264. The van der Waals surface area contributed by atoms with Crippen LogP contribution in [0.3, 0.4) is 0 Å². The lowest BCUT2D eigenvalue weighted by atomic mass is 10.1. The molecule has 0 atom stereocenters. The van der Waals surface area contributed by atoms with E-state index in [0.29, 0.717) is 5.69 Å². The molecule has 1 heterocycles. The molecule has 4 rings (SSSR count). The molecule has 3 aromatic carbocycles. The number of benzene rings is 3. The summed E-state index contributed by atoms with van der Waals surface area (Å²) >= 11 is 0. The van der Waals surface area contributed by atoms with E-state index < -0.39 is 22.5 Å². The second-order valence-corrected chi connectivity index (χ2v) is 10.8. The number of sulfonamides is 1. The van der Waals surface area contributed by atoms with Crippen LogP contribution in [-0.2, 0) is 14.8 Å². The fourth-order valence-electron chi connectivity index (χ4n) is 4.36. The maximum atomic E-state index is 13.3. The second kappa shape index (κ2) is 10.8. The molecule has 190 valence electrons. The molecule has 0 fully saturated rings. The van der Waals surface area contributed by atoms with Gasteiger partial charge in [0, 0.05) is 22.6 Å². The highest BCUT2D eigenvalue weighted by Gasteiger charge is 2.26. The van der Waals surface area contributed by atoms with Gasteiger partial charge in [0.15, 0.2) is 0 Å². The Hall–Kier alpha value is -4.17. The van der Waals surface area contributed by atoms with Crippen LogP contribution >= 0.6 is 0 Å². The summed E-state index contributed by atoms with van der Waals surface area (Å²) in [6, 6.07) is 25.0. The molecule has 0 unspecified atom stereocenters. The van der Waals surface area contributed by atoms with E-state index in [4.69, 9.17) is 0 Å². The summed E-state index contributed by atoms with van der Waals surface area (Å²) in [5, 5.41) is 4.13. The summed E-state index contributed by atoms with van der Waals surface area (Å²) in [5.41, 5.74) is 9.18. The van der Waals surface area contributed by atoms with Crippen molar-refractivity contribution in [1.82, 2.24) is 9.99 Å². The molecular formula is C29H30N4O3S. The van der Waals surface area contributed by atoms with Crippen LogP contribution in [0.15, 0.2) is 94.9 Å². The minimum Gasteiger partial charge on any atom is -0.318 e. The maximum Gasteiger partial charge on any atom is 0.264 e. The Balaban J connectivity index is 1.54. The van der Waals surface area contributed by atoms with Crippen LogP contribution in [0.25, 0.3) is 5.69 Å². The van der Waals surface area contributed by atoms with Crippen molar-refractivity contribution in [1.29, 1.82) is 0 Å². The highest BCUT2D eigenvalue weighted by atomic mass is 32.2. The smallest absolute Gasteiger partial charge is 0.264 e. The number of anilines is 1. The molecule has 1 amide bonds. The highest BCUT2D eigenvalue weighted by molar-refractivity contribution is 7.92. The zero-order valence-electron chi connectivity index (χ0n) is 21.3. The summed E-state index contributed by atoms with van der Waals surface area (Å²) < 4.78 is 29.9. The molecule has 1 aromatic heterocycles. The fraction of sp³-hybridized carbons (Fsp3) is 0.172. The summed E-state index contributed by atoms with van der Waals surface area (Å²) in [6.07, 6.45) is 1.58. The van der Waals surface area contributed by atoms with Crippen LogP contribution in [0.5, 0.6) is 0 Å². The molecule has 0 aliphatic carbocycles. The van der Waals surface area contributed by atoms with Crippen molar-refractivity contribution in [2.45, 2.75) is 32.6 Å². The van der Waals surface area contributed by atoms with E-state index in [-0.39, 0.29) is 4.90 Å². The molecule has 7 nitrogen and oxygen atoms in total. The molecule has 0 spiro atoms. The zero-order chi connectivity index (χ0) is 26.6. The molecule has 37 heavy (non-hydrogen) atoms. The standard InChI is InChI=1S/C29H30N4O3S/c1-21-15-22(2)17-27(16-21)33-23(3)18-25(24(33)4)19-30-31-29(34)20-32(26-11-7-5-8-12-26)37(35,36)28-13-9-6-10-14-28/h5-19H,20H2,1-4H3,(H,31,34)/b30-19+. The third kappa shape index (κ3) is 5.81. The molecule has 0 aliphatic heterocycles. The van der Waals surface area contributed by atoms with E-state index in [1.807, 2.05) is 19.9 Å². The minimum absolute atomic E-state index is 0.106. The van der Waals surface area contributed by atoms with Crippen LogP contribution in [0, 0.1) is 27.7 Å². The van der Waals surface area contributed by atoms with E-state index in [2.05, 4.69) is 47.1 Å². The minimum atomic E-state index is -3.96. The third-order valence-electron chi connectivity index (χ3n) is 5.99. The number of rotatable bonds is 8. The van der Waals surface area contributed by atoms with E-state index in [9.17, 15) is 13.2 Å². The molecule has 8 heteroatoms. The van der Waals surface area contributed by atoms with Crippen molar-refractivity contribution >= 4 is 27.8 Å². The summed E-state index contributed by atoms with van der Waals surface area (Å²) in [7, 11) is -3.96. The van der Waals surface area contributed by atoms with Gasteiger partial charge in [0.1, 0.15) is 6.54 Å². The summed E-state index contributed by atoms with van der Waals surface area (Å²) in [4.78, 5) is 12.9. The number of hydrogen-bond donors (Lipinski definition) is 1. The number of carbonyl (C=O) groups excluding carboxylic acids is 1. The molecule has 4 aromatic rings. The van der Waals surface area contributed by atoms with Crippen molar-refractivity contribution in [2.75, 3.05) is 10.8 Å². The molecule has 0 aliphatic rings. The van der Waals surface area contributed by atoms with E-state index >= 15 is 0 Å². The van der Waals surface area contributed by atoms with E-state index in [1.54, 1.807) is 54.7 Å². The Labute approximate surface area is 218 Å². The first-order valence-corrected chi connectivity index (χ1v) is 13.3. The monoisotopic (exact) mass is 514 g/mol. The normalized spacial score (nSPS) is 11.6. The van der Waals surface area contributed by atoms with Gasteiger partial charge in [-0.25, -0.2) is 13.8 Å². The number of carbonyl (C=O) groups is 1. The van der Waals surface area contributed by atoms with Crippen LogP contribution in [0.1, 0.15) is 28.1 Å². The molecular weight excluding hydrogens is 484 g/mol. The number of nitrogens with one attached hydrogen (secondary N) is 1. The Bertz CT molecular complexity index is 1520. The predicted octanol–water partition coefficient (Wildman–Crippen LogP) is 5.06. The first-order valence-electron chi connectivity index (χ1n) is 11.9. The average Bonchev–Trinajstić information content (AvgIpc) is 3.15. The van der Waals surface area contributed by atoms with Gasteiger partial charge in [-0.3, -0.25) is 9.10 Å². The molecule has 0 bridgehead atoms. The maximum absolute atomic E-state index is 13.3. The lowest BCUT2D eigenvalue weighted by molar-refractivity contribution is -0.119. The van der Waals surface area contributed by atoms with E-state index in [0.717, 1.165) is 26.9 Å². The first kappa shape index (κ1) is 25.9. The molecule has 0 radical (unpaired) electrons. The van der Waals surface area contributed by atoms with Crippen molar-refractivity contribution in [3.8, 4) is 5.69 Å². The number of hydrogen-bond acceptors (Lipinski definition) is 4. The Kier molecular flexibility index (Phi) is 7.59. The SMILES string of the molecule is Cc1cc(C)cc(-n2c(C)cc(/C=N/NC(=O)CN(c3ccccc3)S(=O)(=O)c3ccccc3)c2C)c1. The molecule has 0 saturated heterocycles. The van der Waals surface area contributed by atoms with Gasteiger partial charge < -0.3 is 4.57 Å². The van der Waals surface area contributed by atoms with Gasteiger partial charge in [-0.1, -0.05) is 42.5 Å². The van der Waals surface area contributed by atoms with Crippen molar-refractivity contribution < 1.29 is 13.2 Å². The molecule has 1 N–H and O–H groups in total. The van der Waals surface area contributed by atoms with Gasteiger partial charge in [0.05, 0.1) is 16.8 Å². The zero-order valence-corrected chi connectivity index (χ0v) is 22.2. The average molecular weight is 515 g/mol. The summed E-state index contributed by atoms with van der Waals surface area (Å²) in [6.45, 7) is 7.74. The van der Waals surface area contributed by atoms with Crippen LogP contribution in [0.2, 0.25) is 0 Å². The van der Waals surface area contributed by atoms with Crippen molar-refractivity contribution in [3.63, 3.8) is 0 Å². The van der Waals surface area contributed by atoms with Gasteiger partial charge in [0.2, 0.25) is 0 Å². The van der Waals surface area contributed by atoms with Gasteiger partial charge >= 0.3 is 0 Å². The number of nitrogens with zero attached hydrogens (tertiary/aromatic N) is 3. The third-order valence-corrected chi connectivity index (χ3v) is 7.78. The van der Waals surface area contributed by atoms with Crippen LogP contribution in [-0.4, -0.2) is 31.7 Å². The predicted molar refractivity (Wildman–Crippen MR) is 148 cm³/mol. The largest absolute Gasteiger partial charge is 0.318 e. The molecule has 0 saturated carbocycles. The number of amides is 1. The number of hydrazone groups is 1. The number of aromatic nitrogens is 1. The first-order chi connectivity index (χ1) is 17.7. The fourth-order valence-corrected chi connectivity index (χ4v) is 5.81. The number of aryl methyl sites for hydroxylation is 3. The lowest BCUT2D eigenvalue weighted by Gasteiger charge is -2.23. The van der Waals surface area contributed by atoms with Crippen molar-refractivity contribution in [3.05, 3.63) is 113 Å². The van der Waals surface area contributed by atoms with Gasteiger partial charge in [0.25, 0.3) is 15.9 Å². The topological polar surface area (TPSA) is 83.8 Å². The van der Waals surface area contributed by atoms with E-state index in [1.165, 1.54) is 23.3 Å². The van der Waals surface area contributed by atoms with Gasteiger partial charge in [-0.15, -0.1) is 0 Å². The Morgan fingerprint density at radius 2 is 1.49 bits per heavy atom. The second-order valence-electron chi connectivity index (χ2n) is 8.96. The van der Waals surface area contributed by atoms with Crippen molar-refractivity contribution in [2.24, 2.45) is 5.10 Å². The lowest BCUT2D eigenvalue weighted by Crippen LogP contribution is -2.39. The van der Waals surface area contributed by atoms with Gasteiger partial charge in [-0.2, -0.15) is 5.10 Å². The highest BCUT2D eigenvalue weighted by Crippen LogP contribution is 2.24. The van der Waals surface area contributed by atoms with Crippen LogP contribution in [0.4, 0.5) is 5.69 Å².